The Bertz CT molecular complexity index is 1500. The summed E-state index contributed by atoms with van der Waals surface area (Å²) in [5, 5.41) is 1.75. The summed E-state index contributed by atoms with van der Waals surface area (Å²) in [6.07, 6.45) is 4.32. The monoisotopic (exact) mass is 444 g/mol. The average Bonchev–Trinajstić information content (AvgIpc) is 3.43. The van der Waals surface area contributed by atoms with Gasteiger partial charge in [0.15, 0.2) is 0 Å². The Morgan fingerprint density at radius 1 is 1.12 bits per heavy atom. The maximum atomic E-state index is 13.3. The Hall–Kier alpha value is -3.52. The van der Waals surface area contributed by atoms with Gasteiger partial charge in [0.25, 0.3) is 5.56 Å². The van der Waals surface area contributed by atoms with E-state index in [-0.39, 0.29) is 29.6 Å². The summed E-state index contributed by atoms with van der Waals surface area (Å²) in [5.41, 5.74) is 1.94. The van der Waals surface area contributed by atoms with Crippen molar-refractivity contribution in [1.82, 2.24) is 19.4 Å². The second-order valence-electron chi connectivity index (χ2n) is 8.07. The number of likely N-dealkylation sites (tertiary alicyclic amines) is 1. The summed E-state index contributed by atoms with van der Waals surface area (Å²) in [4.78, 5) is 37.4. The lowest BCUT2D eigenvalue weighted by Crippen LogP contribution is -2.41. The van der Waals surface area contributed by atoms with Gasteiger partial charge in [-0.3, -0.25) is 14.2 Å². The third-order valence-corrected chi connectivity index (χ3v) is 7.21. The van der Waals surface area contributed by atoms with Gasteiger partial charge in [-0.15, -0.1) is 11.3 Å². The number of rotatable bonds is 3. The lowest BCUT2D eigenvalue weighted by molar-refractivity contribution is -0.135. The van der Waals surface area contributed by atoms with Crippen LogP contribution in [0, 0.1) is 0 Å². The fourth-order valence-corrected chi connectivity index (χ4v) is 5.60. The second kappa shape index (κ2) is 7.56. The van der Waals surface area contributed by atoms with Crippen LogP contribution in [0.25, 0.3) is 32.3 Å². The number of para-hydroxylation sites is 2. The molecule has 0 bridgehead atoms. The molecule has 5 aromatic rings. The summed E-state index contributed by atoms with van der Waals surface area (Å²) >= 11 is 1.64. The molecule has 1 saturated heterocycles. The van der Waals surface area contributed by atoms with Crippen LogP contribution in [0.2, 0.25) is 0 Å². The van der Waals surface area contributed by atoms with Crippen LogP contribution in [0.3, 0.4) is 0 Å². The van der Waals surface area contributed by atoms with Gasteiger partial charge < -0.3 is 9.32 Å². The lowest BCUT2D eigenvalue weighted by Gasteiger charge is -2.34. The fraction of sp³-hybridized carbons (Fsp3) is 0.250. The molecule has 32 heavy (non-hydrogen) atoms. The molecule has 1 fully saturated rings. The number of carbonyl (C=O) groups is 1. The first-order valence-corrected chi connectivity index (χ1v) is 11.5. The molecule has 3 aromatic heterocycles. The van der Waals surface area contributed by atoms with E-state index >= 15 is 0 Å². The predicted octanol–water partition coefficient (Wildman–Crippen LogP) is 4.51. The van der Waals surface area contributed by atoms with Crippen LogP contribution >= 0.6 is 11.3 Å². The van der Waals surface area contributed by atoms with Crippen LogP contribution in [0.5, 0.6) is 0 Å². The molecule has 7 nitrogen and oxygen atoms in total. The van der Waals surface area contributed by atoms with E-state index in [9.17, 15) is 9.59 Å². The Morgan fingerprint density at radius 2 is 1.97 bits per heavy atom. The van der Waals surface area contributed by atoms with E-state index < -0.39 is 0 Å². The molecule has 160 valence electrons. The van der Waals surface area contributed by atoms with Gasteiger partial charge in [-0.25, -0.2) is 9.97 Å². The molecule has 6 rings (SSSR count). The highest BCUT2D eigenvalue weighted by Crippen LogP contribution is 2.35. The van der Waals surface area contributed by atoms with E-state index in [1.54, 1.807) is 11.3 Å². The van der Waals surface area contributed by atoms with Gasteiger partial charge in [0.2, 0.25) is 11.5 Å². The second-order valence-corrected chi connectivity index (χ2v) is 9.13. The van der Waals surface area contributed by atoms with Gasteiger partial charge in [0.1, 0.15) is 22.7 Å². The highest BCUT2D eigenvalue weighted by molar-refractivity contribution is 7.18. The molecule has 1 unspecified atom stereocenters. The summed E-state index contributed by atoms with van der Waals surface area (Å²) in [5.74, 6) is -0.103. The van der Waals surface area contributed by atoms with Crippen LogP contribution in [0.4, 0.5) is 0 Å². The molecular weight excluding hydrogens is 424 g/mol. The quantitative estimate of drug-likeness (QED) is 0.409. The number of piperidine rings is 1. The zero-order valence-electron chi connectivity index (χ0n) is 17.2. The van der Waals surface area contributed by atoms with Gasteiger partial charge >= 0.3 is 0 Å². The number of nitrogens with zero attached hydrogens (tertiary/aromatic N) is 4. The van der Waals surface area contributed by atoms with Gasteiger partial charge in [0.05, 0.1) is 22.6 Å². The molecular formula is C24H20N4O3S. The van der Waals surface area contributed by atoms with Crippen molar-refractivity contribution in [2.24, 2.45) is 0 Å². The minimum atomic E-state index is -0.340. The largest absolute Gasteiger partial charge is 0.448 e. The van der Waals surface area contributed by atoms with E-state index in [4.69, 9.17) is 9.40 Å². The highest BCUT2D eigenvalue weighted by Gasteiger charge is 2.30. The number of aromatic nitrogens is 3. The Kier molecular flexibility index (Phi) is 4.53. The van der Waals surface area contributed by atoms with Crippen LogP contribution in [0.15, 0.2) is 64.1 Å². The van der Waals surface area contributed by atoms with E-state index in [2.05, 4.69) is 11.1 Å². The average molecular weight is 445 g/mol. The third kappa shape index (κ3) is 3.10. The van der Waals surface area contributed by atoms with Crippen molar-refractivity contribution in [3.8, 4) is 0 Å². The molecule has 0 saturated carbocycles. The number of hydrogen-bond acceptors (Lipinski definition) is 6. The van der Waals surface area contributed by atoms with Gasteiger partial charge in [-0.1, -0.05) is 24.3 Å². The normalized spacial score (nSPS) is 16.9. The molecule has 0 radical (unpaired) electrons. The fourth-order valence-electron chi connectivity index (χ4n) is 4.48. The van der Waals surface area contributed by atoms with Crippen LogP contribution in [0.1, 0.15) is 30.3 Å². The molecule has 4 heterocycles. The molecule has 8 heteroatoms. The van der Waals surface area contributed by atoms with Crippen LogP contribution in [-0.2, 0) is 11.3 Å². The van der Waals surface area contributed by atoms with Crippen molar-refractivity contribution in [1.29, 1.82) is 0 Å². The van der Waals surface area contributed by atoms with Crippen molar-refractivity contribution >= 4 is 49.5 Å². The van der Waals surface area contributed by atoms with Crippen LogP contribution < -0.4 is 5.56 Å². The number of fused-ring (bicyclic) bond motifs is 4. The van der Waals surface area contributed by atoms with Crippen molar-refractivity contribution in [2.45, 2.75) is 31.8 Å². The van der Waals surface area contributed by atoms with Crippen molar-refractivity contribution in [3.63, 3.8) is 0 Å². The molecule has 0 aliphatic carbocycles. The zero-order chi connectivity index (χ0) is 21.7. The molecule has 1 aliphatic rings. The number of furan rings is 1. The maximum Gasteiger partial charge on any atom is 0.297 e. The first kappa shape index (κ1) is 19.2. The number of thiazole rings is 1. The topological polar surface area (TPSA) is 81.2 Å². The molecule has 0 spiro atoms. The molecule has 1 amide bonds. The lowest BCUT2D eigenvalue weighted by atomic mass is 10.0. The maximum absolute atomic E-state index is 13.3. The standard InChI is InChI=1S/C24H20N4O3S/c29-20(13-27-14-25-21-15-7-1-3-10-18(15)31-22(21)24(27)30)28-12-6-5-9-17(28)23-26-16-8-2-4-11-19(16)32-23/h1-4,7-8,10-11,14,17H,5-6,9,12-13H2. The Balaban J connectivity index is 1.32. The summed E-state index contributed by atoms with van der Waals surface area (Å²) < 4.78 is 8.21. The van der Waals surface area contributed by atoms with E-state index in [0.29, 0.717) is 17.6 Å². The first-order chi connectivity index (χ1) is 15.7. The van der Waals surface area contributed by atoms with Gasteiger partial charge in [-0.05, 0) is 43.5 Å². The Labute approximate surface area is 186 Å². The minimum Gasteiger partial charge on any atom is -0.448 e. The Morgan fingerprint density at radius 3 is 2.88 bits per heavy atom. The SMILES string of the molecule is O=C(Cn1cnc2c(oc3ccccc32)c1=O)N1CCCCC1c1nc2ccccc2s1. The van der Waals surface area contributed by atoms with E-state index in [1.807, 2.05) is 47.4 Å². The molecule has 1 atom stereocenters. The number of hydrogen-bond donors (Lipinski definition) is 0. The number of benzene rings is 2. The number of amides is 1. The van der Waals surface area contributed by atoms with E-state index in [1.165, 1.54) is 10.9 Å². The van der Waals surface area contributed by atoms with Crippen molar-refractivity contribution < 1.29 is 9.21 Å². The molecule has 0 N–H and O–H groups in total. The summed E-state index contributed by atoms with van der Waals surface area (Å²) in [6.45, 7) is 0.592. The zero-order valence-corrected chi connectivity index (χ0v) is 18.0. The smallest absolute Gasteiger partial charge is 0.297 e. The predicted molar refractivity (Wildman–Crippen MR) is 124 cm³/mol. The van der Waals surface area contributed by atoms with Gasteiger partial charge in [-0.2, -0.15) is 0 Å². The van der Waals surface area contributed by atoms with Crippen molar-refractivity contribution in [2.75, 3.05) is 6.54 Å². The highest BCUT2D eigenvalue weighted by atomic mass is 32.1. The first-order valence-electron chi connectivity index (χ1n) is 10.7. The van der Waals surface area contributed by atoms with Crippen LogP contribution in [-0.4, -0.2) is 31.9 Å². The minimum absolute atomic E-state index is 0.0627. The summed E-state index contributed by atoms with van der Waals surface area (Å²) in [7, 11) is 0. The number of carbonyl (C=O) groups excluding carboxylic acids is 1. The molecule has 1 aliphatic heterocycles. The molecule has 2 aromatic carbocycles. The third-order valence-electron chi connectivity index (χ3n) is 6.07. The van der Waals surface area contributed by atoms with Crippen molar-refractivity contribution in [3.05, 3.63) is 70.2 Å². The van der Waals surface area contributed by atoms with E-state index in [0.717, 1.165) is 39.9 Å². The van der Waals surface area contributed by atoms with Gasteiger partial charge in [0, 0.05) is 11.9 Å². The summed E-state index contributed by atoms with van der Waals surface area (Å²) in [6, 6.07) is 15.4.